The van der Waals surface area contributed by atoms with Gasteiger partial charge in [-0.25, -0.2) is 17.9 Å². The molecule has 0 aliphatic rings. The zero-order valence-corrected chi connectivity index (χ0v) is 20.2. The van der Waals surface area contributed by atoms with E-state index >= 15 is 0 Å². The number of amides is 1. The lowest BCUT2D eigenvalue weighted by atomic mass is 10.1. The van der Waals surface area contributed by atoms with Crippen LogP contribution in [0.15, 0.2) is 58.6 Å². The van der Waals surface area contributed by atoms with Crippen LogP contribution in [0.2, 0.25) is 0 Å². The Morgan fingerprint density at radius 3 is 2.39 bits per heavy atom. The van der Waals surface area contributed by atoms with Crippen molar-refractivity contribution in [2.75, 3.05) is 5.75 Å². The van der Waals surface area contributed by atoms with Crippen molar-refractivity contribution < 1.29 is 17.6 Å². The standard InChI is InChI=1S/C22H26FN5O3S2/c1-14(2)12-28-21(18-6-4-5-7-19(18)23)26-27-22(28)32-13-20(29)25-15(3)16-8-10-17(11-9-16)33(24,30)31/h4-11,14-15H,12-13H2,1-3H3,(H,25,29)(H2,24,30,31)/t15-/m1/s1. The van der Waals surface area contributed by atoms with Crippen molar-refractivity contribution in [3.05, 3.63) is 59.9 Å². The van der Waals surface area contributed by atoms with E-state index in [1.54, 1.807) is 37.3 Å². The predicted molar refractivity (Wildman–Crippen MR) is 125 cm³/mol. The highest BCUT2D eigenvalue weighted by molar-refractivity contribution is 7.99. The Balaban J connectivity index is 1.69. The number of hydrogen-bond donors (Lipinski definition) is 2. The number of sulfonamides is 1. The molecule has 33 heavy (non-hydrogen) atoms. The van der Waals surface area contributed by atoms with Crippen molar-refractivity contribution in [3.63, 3.8) is 0 Å². The molecule has 0 saturated heterocycles. The monoisotopic (exact) mass is 491 g/mol. The number of rotatable bonds is 9. The highest BCUT2D eigenvalue weighted by atomic mass is 32.2. The number of nitrogens with two attached hydrogens (primary N) is 1. The smallest absolute Gasteiger partial charge is 0.238 e. The molecule has 0 bridgehead atoms. The molecular formula is C22H26FN5O3S2. The zero-order chi connectivity index (χ0) is 24.2. The maximum absolute atomic E-state index is 14.3. The second-order valence-electron chi connectivity index (χ2n) is 7.98. The van der Waals surface area contributed by atoms with E-state index in [9.17, 15) is 17.6 Å². The summed E-state index contributed by atoms with van der Waals surface area (Å²) in [6, 6.07) is 12.1. The van der Waals surface area contributed by atoms with Gasteiger partial charge >= 0.3 is 0 Å². The van der Waals surface area contributed by atoms with Gasteiger partial charge in [-0.1, -0.05) is 49.9 Å². The lowest BCUT2D eigenvalue weighted by Gasteiger charge is -2.15. The number of benzene rings is 2. The first-order valence-electron chi connectivity index (χ1n) is 10.3. The highest BCUT2D eigenvalue weighted by Crippen LogP contribution is 2.27. The first kappa shape index (κ1) is 24.9. The number of carbonyl (C=O) groups is 1. The summed E-state index contributed by atoms with van der Waals surface area (Å²) in [5.74, 6) is 0.168. The predicted octanol–water partition coefficient (Wildman–Crippen LogP) is 3.36. The summed E-state index contributed by atoms with van der Waals surface area (Å²) in [7, 11) is -3.77. The molecule has 0 saturated carbocycles. The SMILES string of the molecule is CC(C)Cn1c(SCC(=O)N[C@H](C)c2ccc(S(N)(=O)=O)cc2)nnc1-c1ccccc1F. The summed E-state index contributed by atoms with van der Waals surface area (Å²) in [5, 5.41) is 16.9. The summed E-state index contributed by atoms with van der Waals surface area (Å²) >= 11 is 1.22. The maximum Gasteiger partial charge on any atom is 0.238 e. The molecule has 0 spiro atoms. The third-order valence-corrected chi connectivity index (χ3v) is 6.69. The molecule has 1 heterocycles. The number of aromatic nitrogens is 3. The van der Waals surface area contributed by atoms with Crippen molar-refractivity contribution >= 4 is 27.7 Å². The van der Waals surface area contributed by atoms with Crippen molar-refractivity contribution in [1.82, 2.24) is 20.1 Å². The fourth-order valence-corrected chi connectivity index (χ4v) is 4.48. The minimum Gasteiger partial charge on any atom is -0.349 e. The lowest BCUT2D eigenvalue weighted by molar-refractivity contribution is -0.119. The Kier molecular flexibility index (Phi) is 7.88. The van der Waals surface area contributed by atoms with E-state index in [4.69, 9.17) is 5.14 Å². The molecule has 0 aliphatic heterocycles. The third-order valence-electron chi connectivity index (χ3n) is 4.80. The van der Waals surface area contributed by atoms with Crippen LogP contribution in [-0.4, -0.2) is 34.8 Å². The second-order valence-corrected chi connectivity index (χ2v) is 10.5. The fraction of sp³-hybridized carbons (Fsp3) is 0.318. The van der Waals surface area contributed by atoms with Crippen LogP contribution in [-0.2, 0) is 21.4 Å². The molecular weight excluding hydrogens is 465 g/mol. The number of hydrogen-bond acceptors (Lipinski definition) is 6. The Labute approximate surface area is 196 Å². The van der Waals surface area contributed by atoms with Crippen molar-refractivity contribution in [2.45, 2.75) is 43.4 Å². The number of carbonyl (C=O) groups excluding carboxylic acids is 1. The van der Waals surface area contributed by atoms with Crippen LogP contribution in [0.1, 0.15) is 32.4 Å². The molecule has 1 atom stereocenters. The molecule has 3 N–H and O–H groups in total. The van der Waals surface area contributed by atoms with Gasteiger partial charge < -0.3 is 9.88 Å². The van der Waals surface area contributed by atoms with Crippen LogP contribution in [0, 0.1) is 11.7 Å². The Hall–Kier alpha value is -2.76. The summed E-state index contributed by atoms with van der Waals surface area (Å²) in [6.45, 7) is 6.45. The van der Waals surface area contributed by atoms with E-state index in [0.717, 1.165) is 5.56 Å². The Morgan fingerprint density at radius 2 is 1.79 bits per heavy atom. The van der Waals surface area contributed by atoms with Crippen LogP contribution in [0.3, 0.4) is 0 Å². The van der Waals surface area contributed by atoms with Crippen molar-refractivity contribution in [3.8, 4) is 11.4 Å². The van der Waals surface area contributed by atoms with Crippen LogP contribution < -0.4 is 10.5 Å². The first-order valence-corrected chi connectivity index (χ1v) is 12.8. The van der Waals surface area contributed by atoms with Gasteiger partial charge in [-0.3, -0.25) is 4.79 Å². The average Bonchev–Trinajstić information content (AvgIpc) is 3.13. The van der Waals surface area contributed by atoms with E-state index in [1.807, 2.05) is 18.4 Å². The third kappa shape index (κ3) is 6.40. The van der Waals surface area contributed by atoms with Gasteiger partial charge in [0, 0.05) is 6.54 Å². The van der Waals surface area contributed by atoms with Gasteiger partial charge in [0.2, 0.25) is 15.9 Å². The summed E-state index contributed by atoms with van der Waals surface area (Å²) < 4.78 is 38.9. The van der Waals surface area contributed by atoms with Gasteiger partial charge in [0.15, 0.2) is 11.0 Å². The molecule has 1 amide bonds. The van der Waals surface area contributed by atoms with Crippen LogP contribution in [0.4, 0.5) is 4.39 Å². The minimum absolute atomic E-state index is 0.00970. The highest BCUT2D eigenvalue weighted by Gasteiger charge is 2.19. The largest absolute Gasteiger partial charge is 0.349 e. The van der Waals surface area contributed by atoms with Crippen molar-refractivity contribution in [2.24, 2.45) is 11.1 Å². The molecule has 3 rings (SSSR count). The molecule has 11 heteroatoms. The maximum atomic E-state index is 14.3. The van der Waals surface area contributed by atoms with E-state index in [2.05, 4.69) is 15.5 Å². The van der Waals surface area contributed by atoms with Crippen LogP contribution >= 0.6 is 11.8 Å². The van der Waals surface area contributed by atoms with Crippen LogP contribution in [0.5, 0.6) is 0 Å². The summed E-state index contributed by atoms with van der Waals surface area (Å²) in [6.07, 6.45) is 0. The second kappa shape index (κ2) is 10.4. The molecule has 8 nitrogen and oxygen atoms in total. The number of nitrogens with one attached hydrogen (secondary N) is 1. The number of nitrogens with zero attached hydrogens (tertiary/aromatic N) is 3. The number of halogens is 1. The molecule has 1 aromatic heterocycles. The normalized spacial score (nSPS) is 12.7. The topological polar surface area (TPSA) is 120 Å². The van der Waals surface area contributed by atoms with Crippen LogP contribution in [0.25, 0.3) is 11.4 Å². The Bertz CT molecular complexity index is 1230. The summed E-state index contributed by atoms with van der Waals surface area (Å²) in [5.41, 5.74) is 1.10. The van der Waals surface area contributed by atoms with Gasteiger partial charge in [0.25, 0.3) is 0 Å². The average molecular weight is 492 g/mol. The van der Waals surface area contributed by atoms with Gasteiger partial charge in [0.1, 0.15) is 5.82 Å². The molecule has 0 aliphatic carbocycles. The number of thioether (sulfide) groups is 1. The van der Waals surface area contributed by atoms with E-state index in [0.29, 0.717) is 23.1 Å². The van der Waals surface area contributed by atoms with Gasteiger partial charge in [-0.15, -0.1) is 10.2 Å². The van der Waals surface area contributed by atoms with E-state index < -0.39 is 10.0 Å². The molecule has 0 fully saturated rings. The van der Waals surface area contributed by atoms with Crippen molar-refractivity contribution in [1.29, 1.82) is 0 Å². The molecule has 176 valence electrons. The van der Waals surface area contributed by atoms with Gasteiger partial charge in [-0.2, -0.15) is 0 Å². The Morgan fingerprint density at radius 1 is 1.12 bits per heavy atom. The van der Waals surface area contributed by atoms with Gasteiger partial charge in [0.05, 0.1) is 22.3 Å². The fourth-order valence-electron chi connectivity index (χ4n) is 3.21. The van der Waals surface area contributed by atoms with E-state index in [1.165, 1.54) is 30.0 Å². The summed E-state index contributed by atoms with van der Waals surface area (Å²) in [4.78, 5) is 12.5. The molecule has 2 aromatic carbocycles. The molecule has 3 aromatic rings. The van der Waals surface area contributed by atoms with E-state index in [-0.39, 0.29) is 34.3 Å². The van der Waals surface area contributed by atoms with Gasteiger partial charge in [-0.05, 0) is 42.7 Å². The first-order chi connectivity index (χ1) is 15.6. The zero-order valence-electron chi connectivity index (χ0n) is 18.5. The minimum atomic E-state index is -3.77. The quantitative estimate of drug-likeness (QED) is 0.443. The molecule has 0 unspecified atom stereocenters. The molecule has 0 radical (unpaired) electrons. The number of primary sulfonamides is 1. The lowest BCUT2D eigenvalue weighted by Crippen LogP contribution is -2.28.